The lowest BCUT2D eigenvalue weighted by atomic mass is 10.00. The largest absolute Gasteiger partial charge is 0.370 e. The third-order valence-corrected chi connectivity index (χ3v) is 6.99. The molecule has 212 valence electrons. The molecule has 0 unspecified atom stereocenters. The number of amides is 3. The Bertz CT molecular complexity index is 1550. The smallest absolute Gasteiger partial charge is 0.249 e. The Morgan fingerprint density at radius 2 is 1.54 bits per heavy atom. The van der Waals surface area contributed by atoms with Crippen LogP contribution in [0.5, 0.6) is 0 Å². The van der Waals surface area contributed by atoms with Crippen LogP contribution in [-0.4, -0.2) is 42.3 Å². The fraction of sp³-hybridized carbons (Fsp3) is 0.250. The molecule has 0 spiro atoms. The number of carbonyl (C=O) groups is 3. The van der Waals surface area contributed by atoms with Gasteiger partial charge >= 0.3 is 0 Å². The molecule has 0 heterocycles. The van der Waals surface area contributed by atoms with Gasteiger partial charge < -0.3 is 22.1 Å². The summed E-state index contributed by atoms with van der Waals surface area (Å²) in [4.78, 5) is 39.1. The van der Waals surface area contributed by atoms with Gasteiger partial charge in [0.25, 0.3) is 0 Å². The SMILES string of the molecule is N=C(N)NCCC[C@H](N)C(=O)N[C@@H](Cc1ccc2ccccc2c1)C(=O)NC(=O)CCc1cccc2ccccc12. The van der Waals surface area contributed by atoms with Crippen molar-refractivity contribution in [2.75, 3.05) is 6.54 Å². The molecule has 2 atom stereocenters. The van der Waals surface area contributed by atoms with Crippen molar-refractivity contribution in [1.29, 1.82) is 5.41 Å². The third-order valence-electron chi connectivity index (χ3n) is 6.99. The number of nitrogens with one attached hydrogen (secondary N) is 4. The van der Waals surface area contributed by atoms with Crippen LogP contribution in [0.25, 0.3) is 21.5 Å². The topological polar surface area (TPSA) is 163 Å². The van der Waals surface area contributed by atoms with Crippen molar-refractivity contribution in [2.45, 2.75) is 44.2 Å². The molecule has 0 radical (unpaired) electrons. The van der Waals surface area contributed by atoms with Crippen molar-refractivity contribution in [3.05, 3.63) is 96.1 Å². The Hall–Kier alpha value is -4.76. The van der Waals surface area contributed by atoms with E-state index in [0.717, 1.165) is 32.7 Å². The molecule has 4 aromatic carbocycles. The summed E-state index contributed by atoms with van der Waals surface area (Å²) in [6.45, 7) is 0.405. The first-order chi connectivity index (χ1) is 19.8. The summed E-state index contributed by atoms with van der Waals surface area (Å²) in [6.07, 6.45) is 1.64. The molecule has 4 aromatic rings. The second kappa shape index (κ2) is 14.0. The van der Waals surface area contributed by atoms with Gasteiger partial charge in [0.05, 0.1) is 6.04 Å². The predicted molar refractivity (Wildman–Crippen MR) is 162 cm³/mol. The average Bonchev–Trinajstić information content (AvgIpc) is 2.97. The number of hydrogen-bond acceptors (Lipinski definition) is 5. The lowest BCUT2D eigenvalue weighted by Crippen LogP contribution is -2.53. The number of nitrogens with two attached hydrogens (primary N) is 2. The van der Waals surface area contributed by atoms with Crippen molar-refractivity contribution in [3.8, 4) is 0 Å². The number of carbonyl (C=O) groups excluding carboxylic acids is 3. The fourth-order valence-corrected chi connectivity index (χ4v) is 4.81. The molecule has 8 N–H and O–H groups in total. The van der Waals surface area contributed by atoms with Crippen LogP contribution in [0, 0.1) is 5.41 Å². The van der Waals surface area contributed by atoms with E-state index in [2.05, 4.69) is 16.0 Å². The molecular formula is C32H36N6O3. The van der Waals surface area contributed by atoms with Crippen molar-refractivity contribution in [1.82, 2.24) is 16.0 Å². The molecule has 4 rings (SSSR count). The molecule has 0 aliphatic rings. The number of aryl methyl sites for hydroxylation is 1. The zero-order chi connectivity index (χ0) is 29.2. The van der Waals surface area contributed by atoms with Crippen LogP contribution >= 0.6 is 0 Å². The maximum atomic E-state index is 13.3. The van der Waals surface area contributed by atoms with Gasteiger partial charge in [0.1, 0.15) is 6.04 Å². The molecule has 0 aliphatic carbocycles. The van der Waals surface area contributed by atoms with E-state index in [9.17, 15) is 14.4 Å². The number of rotatable bonds is 12. The van der Waals surface area contributed by atoms with Crippen LogP contribution in [0.1, 0.15) is 30.4 Å². The number of imide groups is 1. The average molecular weight is 553 g/mol. The van der Waals surface area contributed by atoms with Crippen LogP contribution in [0.3, 0.4) is 0 Å². The second-order valence-electron chi connectivity index (χ2n) is 10.1. The molecule has 9 heteroatoms. The van der Waals surface area contributed by atoms with Crippen LogP contribution in [-0.2, 0) is 27.2 Å². The van der Waals surface area contributed by atoms with Gasteiger partial charge in [0.2, 0.25) is 17.7 Å². The minimum Gasteiger partial charge on any atom is -0.370 e. The molecule has 41 heavy (non-hydrogen) atoms. The summed E-state index contributed by atoms with van der Waals surface area (Å²) < 4.78 is 0. The first-order valence-electron chi connectivity index (χ1n) is 13.7. The van der Waals surface area contributed by atoms with Gasteiger partial charge in [-0.25, -0.2) is 0 Å². The van der Waals surface area contributed by atoms with E-state index in [1.807, 2.05) is 84.9 Å². The number of fused-ring (bicyclic) bond motifs is 2. The third kappa shape index (κ3) is 8.36. The Morgan fingerprint density at radius 1 is 0.829 bits per heavy atom. The summed E-state index contributed by atoms with van der Waals surface area (Å²) in [7, 11) is 0. The van der Waals surface area contributed by atoms with Crippen LogP contribution < -0.4 is 27.4 Å². The van der Waals surface area contributed by atoms with Crippen molar-refractivity contribution >= 4 is 45.2 Å². The molecule has 0 aromatic heterocycles. The van der Waals surface area contributed by atoms with E-state index >= 15 is 0 Å². The molecule has 9 nitrogen and oxygen atoms in total. The van der Waals surface area contributed by atoms with Gasteiger partial charge in [-0.15, -0.1) is 0 Å². The molecule has 0 saturated heterocycles. The van der Waals surface area contributed by atoms with Gasteiger partial charge in [0.15, 0.2) is 5.96 Å². The Kier molecular flexibility index (Phi) is 10.0. The van der Waals surface area contributed by atoms with Gasteiger partial charge in [0, 0.05) is 19.4 Å². The minimum absolute atomic E-state index is 0.124. The zero-order valence-electron chi connectivity index (χ0n) is 22.9. The second-order valence-corrected chi connectivity index (χ2v) is 10.1. The van der Waals surface area contributed by atoms with Crippen molar-refractivity contribution in [3.63, 3.8) is 0 Å². The summed E-state index contributed by atoms with van der Waals surface area (Å²) in [5.74, 6) is -1.64. The summed E-state index contributed by atoms with van der Waals surface area (Å²) >= 11 is 0. The number of guanidine groups is 1. The molecule has 0 fully saturated rings. The summed E-state index contributed by atoms with van der Waals surface area (Å²) in [5.41, 5.74) is 13.2. The summed E-state index contributed by atoms with van der Waals surface area (Å²) in [6, 6.07) is 25.8. The standard InChI is InChI=1S/C32H36N6O3/c33-27(13-6-18-36-32(34)35)30(40)37-28(20-21-14-15-22-7-1-2-9-25(22)19-21)31(41)38-29(39)17-16-24-11-5-10-23-8-3-4-12-26(23)24/h1-5,7-12,14-15,19,27-28H,6,13,16-18,20,33H2,(H,37,40)(H4,34,35,36)(H,38,39,41)/t27-,28-/m0/s1. The lowest BCUT2D eigenvalue weighted by Gasteiger charge is -2.21. The fourth-order valence-electron chi connectivity index (χ4n) is 4.81. The highest BCUT2D eigenvalue weighted by Crippen LogP contribution is 2.20. The van der Waals surface area contributed by atoms with E-state index < -0.39 is 29.8 Å². The summed E-state index contributed by atoms with van der Waals surface area (Å²) in [5, 5.41) is 19.4. The maximum absolute atomic E-state index is 13.3. The Morgan fingerprint density at radius 3 is 2.32 bits per heavy atom. The van der Waals surface area contributed by atoms with Crippen LogP contribution in [0.2, 0.25) is 0 Å². The quantitative estimate of drug-likeness (QED) is 0.0899. The van der Waals surface area contributed by atoms with Crippen molar-refractivity contribution < 1.29 is 14.4 Å². The number of benzene rings is 4. The number of hydrogen-bond donors (Lipinski definition) is 6. The normalized spacial score (nSPS) is 12.4. The highest BCUT2D eigenvalue weighted by atomic mass is 16.2. The highest BCUT2D eigenvalue weighted by Gasteiger charge is 2.25. The first kappa shape index (κ1) is 29.2. The minimum atomic E-state index is -0.994. The molecular weight excluding hydrogens is 516 g/mol. The maximum Gasteiger partial charge on any atom is 0.249 e. The molecule has 0 bridgehead atoms. The van der Waals surface area contributed by atoms with E-state index in [1.54, 1.807) is 0 Å². The van der Waals surface area contributed by atoms with Gasteiger partial charge in [-0.2, -0.15) is 0 Å². The Balaban J connectivity index is 1.42. The van der Waals surface area contributed by atoms with E-state index in [0.29, 0.717) is 25.8 Å². The van der Waals surface area contributed by atoms with Gasteiger partial charge in [-0.3, -0.25) is 25.1 Å². The van der Waals surface area contributed by atoms with Gasteiger partial charge in [-0.05, 0) is 51.9 Å². The van der Waals surface area contributed by atoms with E-state index in [4.69, 9.17) is 16.9 Å². The van der Waals surface area contributed by atoms with Crippen LogP contribution in [0.4, 0.5) is 0 Å². The van der Waals surface area contributed by atoms with E-state index in [1.165, 1.54) is 0 Å². The molecule has 3 amide bonds. The highest BCUT2D eigenvalue weighted by molar-refractivity contribution is 6.00. The van der Waals surface area contributed by atoms with Gasteiger partial charge in [-0.1, -0.05) is 84.9 Å². The molecule has 0 aliphatic heterocycles. The van der Waals surface area contributed by atoms with Crippen molar-refractivity contribution in [2.24, 2.45) is 11.5 Å². The molecule has 0 saturated carbocycles. The monoisotopic (exact) mass is 552 g/mol. The lowest BCUT2D eigenvalue weighted by molar-refractivity contribution is -0.134. The van der Waals surface area contributed by atoms with Crippen LogP contribution in [0.15, 0.2) is 84.9 Å². The Labute approximate surface area is 239 Å². The first-order valence-corrected chi connectivity index (χ1v) is 13.7. The predicted octanol–water partition coefficient (Wildman–Crippen LogP) is 2.89. The van der Waals surface area contributed by atoms with E-state index in [-0.39, 0.29) is 18.8 Å². The zero-order valence-corrected chi connectivity index (χ0v) is 22.9.